The molecular weight excluding hydrogens is 484 g/mol. The van der Waals surface area contributed by atoms with Crippen molar-refractivity contribution in [3.63, 3.8) is 0 Å². The second-order valence-corrected chi connectivity index (χ2v) is 11.5. The van der Waals surface area contributed by atoms with Gasteiger partial charge in [-0.15, -0.1) is 0 Å². The zero-order chi connectivity index (χ0) is 26.6. The van der Waals surface area contributed by atoms with Crippen LogP contribution in [0.25, 0.3) is 10.8 Å². The number of ether oxygens (including phenoxy) is 2. The summed E-state index contributed by atoms with van der Waals surface area (Å²) in [6.45, 7) is 12.6. The van der Waals surface area contributed by atoms with Crippen LogP contribution in [-0.2, 0) is 30.5 Å². The fourth-order valence-corrected chi connectivity index (χ4v) is 4.02. The van der Waals surface area contributed by atoms with Crippen LogP contribution in [0.4, 0.5) is 0 Å². The Labute approximate surface area is 213 Å². The minimum absolute atomic E-state index is 0.0708. The Bertz CT molecular complexity index is 1300. The van der Waals surface area contributed by atoms with Crippen molar-refractivity contribution in [2.45, 2.75) is 59.3 Å². The van der Waals surface area contributed by atoms with Crippen LogP contribution in [0.3, 0.4) is 0 Å². The Morgan fingerprint density at radius 3 is 2.20 bits per heavy atom. The summed E-state index contributed by atoms with van der Waals surface area (Å²) in [6, 6.07) is 16.2. The van der Waals surface area contributed by atoms with Crippen LogP contribution in [0.1, 0.15) is 62.3 Å². The van der Waals surface area contributed by atoms with Gasteiger partial charge >= 0.3 is 5.97 Å². The first-order valence-electron chi connectivity index (χ1n) is 11.3. The zero-order valence-electron chi connectivity index (χ0n) is 21.2. The van der Waals surface area contributed by atoms with E-state index >= 15 is 0 Å². The first-order chi connectivity index (χ1) is 16.2. The van der Waals surface area contributed by atoms with Gasteiger partial charge in [-0.3, -0.25) is 13.9 Å². The number of methoxy groups -OCH3 is 1. The number of rotatable bonds is 6. The molecule has 3 aromatic rings. The third-order valence-corrected chi connectivity index (χ3v) is 6.14. The Morgan fingerprint density at radius 1 is 1.06 bits per heavy atom. The van der Waals surface area contributed by atoms with Crippen molar-refractivity contribution in [2.75, 3.05) is 7.11 Å². The lowest BCUT2D eigenvalue weighted by atomic mass is 9.79. The van der Waals surface area contributed by atoms with E-state index in [-0.39, 0.29) is 17.3 Å². The van der Waals surface area contributed by atoms with Gasteiger partial charge in [-0.2, -0.15) is 4.21 Å². The quantitative estimate of drug-likeness (QED) is 0.283. The summed E-state index contributed by atoms with van der Waals surface area (Å²) in [5.74, 6) is 0.904. The lowest BCUT2D eigenvalue weighted by molar-refractivity contribution is -0.135. The number of aryl methyl sites for hydroxylation is 2. The molecule has 3 rings (SSSR count). The Morgan fingerprint density at radius 2 is 1.63 bits per heavy atom. The normalized spacial score (nSPS) is 12.5. The molecule has 0 spiro atoms. The number of hydrogen-bond donors (Lipinski definition) is 2. The molecule has 8 heteroatoms. The summed E-state index contributed by atoms with van der Waals surface area (Å²) in [6.07, 6.45) is 0.963. The summed E-state index contributed by atoms with van der Waals surface area (Å²) in [4.78, 5) is 13.1. The third-order valence-electron chi connectivity index (χ3n) is 6.14. The highest BCUT2D eigenvalue weighted by Gasteiger charge is 2.27. The predicted molar refractivity (Wildman–Crippen MR) is 145 cm³/mol. The summed E-state index contributed by atoms with van der Waals surface area (Å²) in [7, 11) is -2.17. The zero-order valence-corrected chi connectivity index (χ0v) is 22.9. The molecule has 6 nitrogen and oxygen atoms in total. The molecule has 0 bridgehead atoms. The topological polar surface area (TPSA) is 93.1 Å². The molecule has 0 radical (unpaired) electrons. The summed E-state index contributed by atoms with van der Waals surface area (Å²) in [5, 5.41) is 2.16. The van der Waals surface area contributed by atoms with Crippen LogP contribution in [0.15, 0.2) is 48.5 Å². The molecule has 0 heterocycles. The maximum Gasteiger partial charge on any atom is 0.318 e. The molecule has 0 fully saturated rings. The molecular formula is C27H34O6S2. The smallest absolute Gasteiger partial charge is 0.318 e. The molecule has 0 saturated heterocycles. The number of esters is 1. The highest BCUT2D eigenvalue weighted by Crippen LogP contribution is 2.38. The maximum atomic E-state index is 13.1. The van der Waals surface area contributed by atoms with E-state index in [1.807, 2.05) is 50.2 Å². The average Bonchev–Trinajstić information content (AvgIpc) is 2.75. The molecule has 0 amide bonds. The van der Waals surface area contributed by atoms with Gasteiger partial charge in [0.15, 0.2) is 0 Å². The van der Waals surface area contributed by atoms with E-state index < -0.39 is 9.05 Å². The van der Waals surface area contributed by atoms with Crippen molar-refractivity contribution in [3.05, 3.63) is 70.8 Å². The van der Waals surface area contributed by atoms with Crippen molar-refractivity contribution in [3.8, 4) is 11.5 Å². The van der Waals surface area contributed by atoms with Gasteiger partial charge in [-0.1, -0.05) is 51.1 Å². The Kier molecular flexibility index (Phi) is 9.42. The van der Waals surface area contributed by atoms with Crippen molar-refractivity contribution >= 4 is 37.0 Å². The minimum Gasteiger partial charge on any atom is -0.497 e. The summed E-state index contributed by atoms with van der Waals surface area (Å²) in [5.41, 5.74) is 4.24. The molecule has 0 aliphatic carbocycles. The van der Waals surface area contributed by atoms with Crippen molar-refractivity contribution in [1.82, 2.24) is 0 Å². The van der Waals surface area contributed by atoms with Crippen LogP contribution in [0.5, 0.6) is 11.5 Å². The Hall–Kier alpha value is -2.52. The lowest BCUT2D eigenvalue weighted by Gasteiger charge is -2.28. The standard InChI is InChI=1S/C27H32O3.H2O3S2/c1-8-27(5,6)25-18(3)13-17(2)14-24(25)30-26(28)19(4)20-9-10-22-16-23(29-7)12-11-21(22)15-20;1-5(2,3)4/h9-16,19H,8H2,1-7H3;(H2,1,2,3,4)/t19-;/m0./s1. The highest BCUT2D eigenvalue weighted by molar-refractivity contribution is 8.26. The molecule has 190 valence electrons. The van der Waals surface area contributed by atoms with Gasteiger partial charge in [0.25, 0.3) is 9.05 Å². The molecule has 0 unspecified atom stereocenters. The van der Waals surface area contributed by atoms with E-state index in [0.29, 0.717) is 5.75 Å². The molecule has 2 N–H and O–H groups in total. The molecule has 0 aromatic heterocycles. The summed E-state index contributed by atoms with van der Waals surface area (Å²) >= 11 is 3.47. The molecule has 0 aliphatic rings. The van der Waals surface area contributed by atoms with Gasteiger partial charge in [0, 0.05) is 16.8 Å². The number of fused-ring (bicyclic) bond motifs is 1. The van der Waals surface area contributed by atoms with Crippen molar-refractivity contribution in [2.24, 2.45) is 0 Å². The van der Waals surface area contributed by atoms with E-state index in [1.54, 1.807) is 7.11 Å². The maximum absolute atomic E-state index is 13.1. The predicted octanol–water partition coefficient (Wildman–Crippen LogP) is 6.54. The van der Waals surface area contributed by atoms with E-state index in [0.717, 1.165) is 45.2 Å². The van der Waals surface area contributed by atoms with Gasteiger partial charge in [0.2, 0.25) is 0 Å². The Balaban J connectivity index is 0.000000784. The number of carbonyl (C=O) groups excluding carboxylic acids is 1. The molecule has 0 saturated carbocycles. The van der Waals surface area contributed by atoms with Crippen LogP contribution < -0.4 is 9.47 Å². The highest BCUT2D eigenvalue weighted by atomic mass is 32.9. The van der Waals surface area contributed by atoms with Crippen LogP contribution >= 0.6 is 0 Å². The second-order valence-electron chi connectivity index (χ2n) is 9.26. The van der Waals surface area contributed by atoms with Gasteiger partial charge in [-0.25, -0.2) is 0 Å². The molecule has 35 heavy (non-hydrogen) atoms. The fourth-order valence-electron chi connectivity index (χ4n) is 4.02. The lowest BCUT2D eigenvalue weighted by Crippen LogP contribution is -2.22. The van der Waals surface area contributed by atoms with Gasteiger partial charge in [-0.05, 0) is 78.3 Å². The molecule has 1 atom stereocenters. The largest absolute Gasteiger partial charge is 0.497 e. The summed E-state index contributed by atoms with van der Waals surface area (Å²) < 4.78 is 35.3. The number of carbonyl (C=O) groups is 1. The van der Waals surface area contributed by atoms with E-state index in [2.05, 4.69) is 51.0 Å². The third kappa shape index (κ3) is 8.00. The van der Waals surface area contributed by atoms with E-state index in [4.69, 9.17) is 22.8 Å². The van der Waals surface area contributed by atoms with Crippen molar-refractivity contribution < 1.29 is 27.6 Å². The van der Waals surface area contributed by atoms with Crippen LogP contribution in [-0.4, -0.2) is 26.4 Å². The monoisotopic (exact) mass is 518 g/mol. The SMILES string of the molecule is CCC(C)(C)c1c(C)cc(C)cc1OC(=O)[C@@H](C)c1ccc2cc(OC)ccc2c1.O=S(O)(O)=S. The van der Waals surface area contributed by atoms with Crippen molar-refractivity contribution in [1.29, 1.82) is 0 Å². The second kappa shape index (κ2) is 11.5. The number of benzene rings is 3. The fraction of sp³-hybridized carbons (Fsp3) is 0.370. The molecule has 3 aromatic carbocycles. The minimum atomic E-state index is -3.83. The van der Waals surface area contributed by atoms with E-state index in [1.165, 1.54) is 0 Å². The molecule has 0 aliphatic heterocycles. The van der Waals surface area contributed by atoms with Crippen LogP contribution in [0.2, 0.25) is 0 Å². The van der Waals surface area contributed by atoms with Gasteiger partial charge < -0.3 is 9.47 Å². The van der Waals surface area contributed by atoms with Crippen LogP contribution in [0, 0.1) is 13.8 Å². The number of hydrogen-bond acceptors (Lipinski definition) is 5. The van der Waals surface area contributed by atoms with E-state index in [9.17, 15) is 4.79 Å². The van der Waals surface area contributed by atoms with Gasteiger partial charge in [0.05, 0.1) is 13.0 Å². The first-order valence-corrected chi connectivity index (χ1v) is 13.7. The van der Waals surface area contributed by atoms with Gasteiger partial charge in [0.1, 0.15) is 11.5 Å². The average molecular weight is 519 g/mol. The first kappa shape index (κ1) is 28.7.